The summed E-state index contributed by atoms with van der Waals surface area (Å²) >= 11 is 0. The first-order valence-electron chi connectivity index (χ1n) is 6.77. The molecule has 0 saturated heterocycles. The summed E-state index contributed by atoms with van der Waals surface area (Å²) in [6, 6.07) is 16.2. The Morgan fingerprint density at radius 1 is 1.00 bits per heavy atom. The highest BCUT2D eigenvalue weighted by atomic mass is 16.5. The summed E-state index contributed by atoms with van der Waals surface area (Å²) in [5.74, 6) is -0.408. The number of Topliss-reactive ketones (excluding diaryl/α,β-unsaturated/α-hetero) is 1. The van der Waals surface area contributed by atoms with Gasteiger partial charge in [-0.05, 0) is 23.8 Å². The molecule has 0 amide bonds. The lowest BCUT2D eigenvalue weighted by Crippen LogP contribution is -2.13. The standard InChI is InChI=1S/C18H16O4/c1-21-17-10-6-5-9-15(17)16(19)13-22-18(20)12-11-14-7-3-2-4-8-14/h2-12H,13H2,1H3/b12-11+. The van der Waals surface area contributed by atoms with Crippen LogP contribution in [0.2, 0.25) is 0 Å². The van der Waals surface area contributed by atoms with Crippen molar-refractivity contribution in [1.29, 1.82) is 0 Å². The van der Waals surface area contributed by atoms with Gasteiger partial charge in [-0.2, -0.15) is 0 Å². The number of ether oxygens (including phenoxy) is 2. The minimum absolute atomic E-state index is 0.307. The molecule has 4 heteroatoms. The van der Waals surface area contributed by atoms with E-state index in [2.05, 4.69) is 0 Å². The first-order chi connectivity index (χ1) is 10.7. The zero-order valence-electron chi connectivity index (χ0n) is 12.2. The Morgan fingerprint density at radius 3 is 2.41 bits per heavy atom. The molecule has 2 aromatic rings. The van der Waals surface area contributed by atoms with Crippen LogP contribution >= 0.6 is 0 Å². The normalized spacial score (nSPS) is 10.4. The summed E-state index contributed by atoms with van der Waals surface area (Å²) in [5.41, 5.74) is 1.28. The van der Waals surface area contributed by atoms with Gasteiger partial charge in [0.15, 0.2) is 6.61 Å². The summed E-state index contributed by atoms with van der Waals surface area (Å²) in [7, 11) is 1.49. The molecule has 112 valence electrons. The number of carbonyl (C=O) groups excluding carboxylic acids is 2. The number of carbonyl (C=O) groups is 2. The number of ketones is 1. The molecule has 0 aromatic heterocycles. The zero-order valence-corrected chi connectivity index (χ0v) is 12.2. The summed E-state index contributed by atoms with van der Waals surface area (Å²) < 4.78 is 10.1. The van der Waals surface area contributed by atoms with Crippen molar-refractivity contribution in [3.8, 4) is 5.75 Å². The molecule has 0 radical (unpaired) electrons. The summed E-state index contributed by atoms with van der Waals surface area (Å²) in [6.45, 7) is -0.321. The largest absolute Gasteiger partial charge is 0.496 e. The van der Waals surface area contributed by atoms with Crippen molar-refractivity contribution in [3.05, 3.63) is 71.8 Å². The molecule has 0 N–H and O–H groups in total. The second kappa shape index (κ2) is 7.78. The Morgan fingerprint density at radius 2 is 1.68 bits per heavy atom. The molecule has 0 heterocycles. The molecule has 0 bridgehead atoms. The number of esters is 1. The van der Waals surface area contributed by atoms with Gasteiger partial charge in [0, 0.05) is 6.08 Å². The fourth-order valence-corrected chi connectivity index (χ4v) is 1.87. The molecule has 0 spiro atoms. The van der Waals surface area contributed by atoms with E-state index in [-0.39, 0.29) is 12.4 Å². The third-order valence-electron chi connectivity index (χ3n) is 2.96. The van der Waals surface area contributed by atoms with E-state index < -0.39 is 5.97 Å². The number of hydrogen-bond acceptors (Lipinski definition) is 4. The lowest BCUT2D eigenvalue weighted by atomic mass is 10.1. The monoisotopic (exact) mass is 296 g/mol. The van der Waals surface area contributed by atoms with E-state index in [0.29, 0.717) is 11.3 Å². The van der Waals surface area contributed by atoms with Crippen LogP contribution in [-0.2, 0) is 9.53 Å². The highest BCUT2D eigenvalue weighted by molar-refractivity contribution is 6.01. The van der Waals surface area contributed by atoms with Crippen molar-refractivity contribution < 1.29 is 19.1 Å². The van der Waals surface area contributed by atoms with E-state index in [9.17, 15) is 9.59 Å². The third-order valence-corrected chi connectivity index (χ3v) is 2.96. The SMILES string of the molecule is COc1ccccc1C(=O)COC(=O)/C=C/c1ccccc1. The van der Waals surface area contributed by atoms with Crippen molar-refractivity contribution in [2.24, 2.45) is 0 Å². The zero-order chi connectivity index (χ0) is 15.8. The third kappa shape index (κ3) is 4.31. The molecule has 0 atom stereocenters. The van der Waals surface area contributed by atoms with Crippen LogP contribution in [-0.4, -0.2) is 25.5 Å². The van der Waals surface area contributed by atoms with Gasteiger partial charge < -0.3 is 9.47 Å². The lowest BCUT2D eigenvalue weighted by Gasteiger charge is -2.07. The number of para-hydroxylation sites is 1. The average molecular weight is 296 g/mol. The van der Waals surface area contributed by atoms with E-state index in [1.54, 1.807) is 30.3 Å². The second-order valence-electron chi connectivity index (χ2n) is 4.48. The van der Waals surface area contributed by atoms with Gasteiger partial charge in [-0.3, -0.25) is 4.79 Å². The van der Waals surface area contributed by atoms with Crippen molar-refractivity contribution in [1.82, 2.24) is 0 Å². The van der Waals surface area contributed by atoms with Crippen molar-refractivity contribution in [2.75, 3.05) is 13.7 Å². The van der Waals surface area contributed by atoms with Crippen LogP contribution in [0, 0.1) is 0 Å². The molecule has 0 aliphatic rings. The van der Waals surface area contributed by atoms with E-state index in [4.69, 9.17) is 9.47 Å². The van der Waals surface area contributed by atoms with Crippen LogP contribution < -0.4 is 4.74 Å². The van der Waals surface area contributed by atoms with Crippen LogP contribution in [0.4, 0.5) is 0 Å². The van der Waals surface area contributed by atoms with Gasteiger partial charge in [0.1, 0.15) is 5.75 Å². The Balaban J connectivity index is 1.91. The molecular weight excluding hydrogens is 280 g/mol. The second-order valence-corrected chi connectivity index (χ2v) is 4.48. The Hall–Kier alpha value is -2.88. The molecule has 4 nitrogen and oxygen atoms in total. The number of hydrogen-bond donors (Lipinski definition) is 0. The predicted molar refractivity (Wildman–Crippen MR) is 83.8 cm³/mol. The maximum absolute atomic E-state index is 12.0. The van der Waals surface area contributed by atoms with Gasteiger partial charge in [-0.15, -0.1) is 0 Å². The summed E-state index contributed by atoms with van der Waals surface area (Å²) in [5, 5.41) is 0. The van der Waals surface area contributed by atoms with E-state index >= 15 is 0 Å². The molecule has 0 aliphatic carbocycles. The smallest absolute Gasteiger partial charge is 0.331 e. The van der Waals surface area contributed by atoms with Crippen molar-refractivity contribution in [3.63, 3.8) is 0 Å². The molecule has 2 aromatic carbocycles. The first-order valence-corrected chi connectivity index (χ1v) is 6.77. The van der Waals surface area contributed by atoms with Crippen molar-refractivity contribution in [2.45, 2.75) is 0 Å². The van der Waals surface area contributed by atoms with E-state index in [0.717, 1.165) is 5.56 Å². The number of methoxy groups -OCH3 is 1. The van der Waals surface area contributed by atoms with Gasteiger partial charge in [-0.25, -0.2) is 4.79 Å². The van der Waals surface area contributed by atoms with Gasteiger partial charge in [0.2, 0.25) is 5.78 Å². The number of rotatable bonds is 6. The van der Waals surface area contributed by atoms with Crippen LogP contribution in [0.1, 0.15) is 15.9 Å². The molecule has 0 unspecified atom stereocenters. The Kier molecular flexibility index (Phi) is 5.49. The van der Waals surface area contributed by atoms with Crippen LogP contribution in [0.3, 0.4) is 0 Å². The fraction of sp³-hybridized carbons (Fsp3) is 0.111. The summed E-state index contributed by atoms with van der Waals surface area (Å²) in [6.07, 6.45) is 2.93. The average Bonchev–Trinajstić information content (AvgIpc) is 2.58. The Labute approximate surface area is 129 Å². The fourth-order valence-electron chi connectivity index (χ4n) is 1.87. The van der Waals surface area contributed by atoms with Gasteiger partial charge in [0.25, 0.3) is 0 Å². The van der Waals surface area contributed by atoms with Gasteiger partial charge in [0.05, 0.1) is 12.7 Å². The Bertz CT molecular complexity index is 674. The topological polar surface area (TPSA) is 52.6 Å². The molecule has 22 heavy (non-hydrogen) atoms. The molecule has 0 fully saturated rings. The highest BCUT2D eigenvalue weighted by Gasteiger charge is 2.12. The molecule has 0 aliphatic heterocycles. The maximum atomic E-state index is 12.0. The minimum Gasteiger partial charge on any atom is -0.496 e. The first kappa shape index (κ1) is 15.5. The minimum atomic E-state index is -0.563. The summed E-state index contributed by atoms with van der Waals surface area (Å²) in [4.78, 5) is 23.6. The number of benzene rings is 2. The quantitative estimate of drug-likeness (QED) is 0.467. The molecule has 0 saturated carbocycles. The van der Waals surface area contributed by atoms with Crippen LogP contribution in [0.25, 0.3) is 6.08 Å². The van der Waals surface area contributed by atoms with Gasteiger partial charge >= 0.3 is 5.97 Å². The van der Waals surface area contributed by atoms with E-state index in [1.165, 1.54) is 13.2 Å². The maximum Gasteiger partial charge on any atom is 0.331 e. The van der Waals surface area contributed by atoms with Crippen molar-refractivity contribution >= 4 is 17.8 Å². The van der Waals surface area contributed by atoms with Gasteiger partial charge in [-0.1, -0.05) is 42.5 Å². The predicted octanol–water partition coefficient (Wildman–Crippen LogP) is 3.13. The van der Waals surface area contributed by atoms with E-state index in [1.807, 2.05) is 30.3 Å². The molecular formula is C18H16O4. The highest BCUT2D eigenvalue weighted by Crippen LogP contribution is 2.17. The molecule has 2 rings (SSSR count). The van der Waals surface area contributed by atoms with Crippen LogP contribution in [0.5, 0.6) is 5.75 Å². The lowest BCUT2D eigenvalue weighted by molar-refractivity contribution is -0.136. The van der Waals surface area contributed by atoms with Crippen LogP contribution in [0.15, 0.2) is 60.7 Å².